The smallest absolute Gasteiger partial charge is 0.318 e. The van der Waals surface area contributed by atoms with Gasteiger partial charge in [0.1, 0.15) is 11.8 Å². The van der Waals surface area contributed by atoms with Gasteiger partial charge in [-0.2, -0.15) is 0 Å². The van der Waals surface area contributed by atoms with E-state index in [1.165, 1.54) is 0 Å². The maximum atomic E-state index is 12.5. The summed E-state index contributed by atoms with van der Waals surface area (Å²) in [4.78, 5) is 14.3. The normalized spacial score (nSPS) is 19.8. The van der Waals surface area contributed by atoms with E-state index in [4.69, 9.17) is 9.15 Å². The van der Waals surface area contributed by atoms with E-state index < -0.39 is 0 Å². The Morgan fingerprint density at radius 3 is 3.00 bits per heavy atom. The molecule has 2 amide bonds. The molecule has 0 saturated carbocycles. The van der Waals surface area contributed by atoms with E-state index in [1.54, 1.807) is 17.2 Å². The molecule has 0 aliphatic carbocycles. The molecule has 0 aromatic carbocycles. The highest BCUT2D eigenvalue weighted by molar-refractivity contribution is 5.74. The van der Waals surface area contributed by atoms with Crippen molar-refractivity contribution in [3.05, 3.63) is 24.2 Å². The van der Waals surface area contributed by atoms with Gasteiger partial charge < -0.3 is 24.5 Å². The number of hydrogen-bond donors (Lipinski definition) is 2. The molecule has 130 valence electrons. The van der Waals surface area contributed by atoms with E-state index >= 15 is 0 Å². The summed E-state index contributed by atoms with van der Waals surface area (Å²) in [7, 11) is 0. The average Bonchev–Trinajstić information content (AvgIpc) is 3.08. The number of carbonyl (C=O) groups excluding carboxylic acids is 1. The number of furan rings is 1. The van der Waals surface area contributed by atoms with Gasteiger partial charge in [-0.15, -0.1) is 0 Å². The van der Waals surface area contributed by atoms with Crippen molar-refractivity contribution < 1.29 is 19.1 Å². The molecule has 0 spiro atoms. The first kappa shape index (κ1) is 17.8. The molecule has 2 N–H and O–H groups in total. The topological polar surface area (TPSA) is 74.9 Å². The van der Waals surface area contributed by atoms with E-state index in [0.717, 1.165) is 19.4 Å². The molecule has 0 bridgehead atoms. The first-order valence-corrected chi connectivity index (χ1v) is 8.37. The molecule has 0 radical (unpaired) electrons. The summed E-state index contributed by atoms with van der Waals surface area (Å²) in [5, 5.41) is 12.3. The van der Waals surface area contributed by atoms with Crippen LogP contribution >= 0.6 is 0 Å². The van der Waals surface area contributed by atoms with Crippen molar-refractivity contribution in [1.82, 2.24) is 10.2 Å². The third-order valence-corrected chi connectivity index (χ3v) is 3.98. The number of hydrogen-bond acceptors (Lipinski definition) is 4. The Labute approximate surface area is 137 Å². The van der Waals surface area contributed by atoms with Crippen molar-refractivity contribution in [2.75, 3.05) is 32.9 Å². The van der Waals surface area contributed by atoms with E-state index in [0.29, 0.717) is 31.4 Å². The van der Waals surface area contributed by atoms with E-state index in [1.807, 2.05) is 6.07 Å². The Morgan fingerprint density at radius 1 is 1.52 bits per heavy atom. The molecule has 1 aromatic heterocycles. The first-order chi connectivity index (χ1) is 11.1. The van der Waals surface area contributed by atoms with Gasteiger partial charge in [0.25, 0.3) is 0 Å². The lowest BCUT2D eigenvalue weighted by molar-refractivity contribution is 0.0813. The second-order valence-electron chi connectivity index (χ2n) is 6.59. The number of nitrogens with zero attached hydrogens (tertiary/aromatic N) is 1. The number of piperidine rings is 1. The fraction of sp³-hybridized carbons (Fsp3) is 0.706. The number of carbonyl (C=O) groups is 1. The van der Waals surface area contributed by atoms with Gasteiger partial charge in [-0.1, -0.05) is 13.8 Å². The van der Waals surface area contributed by atoms with Crippen LogP contribution in [0, 0.1) is 11.8 Å². The molecule has 1 aromatic rings. The minimum Gasteiger partial charge on any atom is -0.467 e. The standard InChI is InChI=1S/C17H28N2O4/c1-13(2)11-22-12-15(16-6-4-8-23-16)18-17(21)19-7-3-5-14(9-19)10-20/h4,6,8,13-15,20H,3,5,7,9-12H2,1-2H3,(H,18,21). The highest BCUT2D eigenvalue weighted by Crippen LogP contribution is 2.18. The van der Waals surface area contributed by atoms with E-state index in [9.17, 15) is 9.90 Å². The van der Waals surface area contributed by atoms with Gasteiger partial charge in [0.2, 0.25) is 0 Å². The predicted molar refractivity (Wildman–Crippen MR) is 87.0 cm³/mol. The van der Waals surface area contributed by atoms with Crippen molar-refractivity contribution in [3.63, 3.8) is 0 Å². The van der Waals surface area contributed by atoms with Crippen LogP contribution in [0.5, 0.6) is 0 Å². The Morgan fingerprint density at radius 2 is 2.35 bits per heavy atom. The Hall–Kier alpha value is -1.53. The minimum absolute atomic E-state index is 0.127. The number of likely N-dealkylation sites (tertiary alicyclic amines) is 1. The number of nitrogens with one attached hydrogen (secondary N) is 1. The Balaban J connectivity index is 1.92. The molecule has 6 heteroatoms. The van der Waals surface area contributed by atoms with Crippen LogP contribution in [0.3, 0.4) is 0 Å². The van der Waals surface area contributed by atoms with Gasteiger partial charge >= 0.3 is 6.03 Å². The molecule has 6 nitrogen and oxygen atoms in total. The van der Waals surface area contributed by atoms with Gasteiger partial charge in [0.05, 0.1) is 12.9 Å². The zero-order chi connectivity index (χ0) is 16.7. The summed E-state index contributed by atoms with van der Waals surface area (Å²) in [6, 6.07) is 3.22. The van der Waals surface area contributed by atoms with Crippen molar-refractivity contribution >= 4 is 6.03 Å². The second-order valence-corrected chi connectivity index (χ2v) is 6.59. The summed E-state index contributed by atoms with van der Waals surface area (Å²) in [5.74, 6) is 1.31. The maximum absolute atomic E-state index is 12.5. The average molecular weight is 324 g/mol. The van der Waals surface area contributed by atoms with Gasteiger partial charge in [-0.25, -0.2) is 4.79 Å². The summed E-state index contributed by atoms with van der Waals surface area (Å²) in [5.41, 5.74) is 0. The first-order valence-electron chi connectivity index (χ1n) is 8.37. The summed E-state index contributed by atoms with van der Waals surface area (Å²) >= 11 is 0. The summed E-state index contributed by atoms with van der Waals surface area (Å²) in [6.07, 6.45) is 3.49. The lowest BCUT2D eigenvalue weighted by Gasteiger charge is -2.33. The molecular weight excluding hydrogens is 296 g/mol. The lowest BCUT2D eigenvalue weighted by Crippen LogP contribution is -2.47. The molecule has 2 atom stereocenters. The SMILES string of the molecule is CC(C)COCC(NC(=O)N1CCCC(CO)C1)c1ccco1. The Bertz CT molecular complexity index is 461. The minimum atomic E-state index is -0.300. The zero-order valence-corrected chi connectivity index (χ0v) is 14.0. The lowest BCUT2D eigenvalue weighted by atomic mass is 9.99. The fourth-order valence-corrected chi connectivity index (χ4v) is 2.74. The molecular formula is C17H28N2O4. The predicted octanol–water partition coefficient (Wildman–Crippen LogP) is 2.41. The molecule has 2 heterocycles. The molecule has 1 fully saturated rings. The fourth-order valence-electron chi connectivity index (χ4n) is 2.74. The van der Waals surface area contributed by atoms with Crippen LogP contribution in [-0.4, -0.2) is 48.9 Å². The molecule has 1 aliphatic heterocycles. The monoisotopic (exact) mass is 324 g/mol. The number of urea groups is 1. The number of rotatable bonds is 7. The van der Waals surface area contributed by atoms with Crippen molar-refractivity contribution in [2.24, 2.45) is 11.8 Å². The third-order valence-electron chi connectivity index (χ3n) is 3.98. The largest absolute Gasteiger partial charge is 0.467 e. The van der Waals surface area contributed by atoms with Crippen LogP contribution in [0.2, 0.25) is 0 Å². The van der Waals surface area contributed by atoms with Crippen molar-refractivity contribution in [2.45, 2.75) is 32.7 Å². The zero-order valence-electron chi connectivity index (χ0n) is 14.0. The third kappa shape index (κ3) is 5.55. The molecule has 1 aliphatic rings. The van der Waals surface area contributed by atoms with Crippen LogP contribution in [0.4, 0.5) is 4.79 Å². The van der Waals surface area contributed by atoms with Gasteiger partial charge in [-0.05, 0) is 36.8 Å². The van der Waals surface area contributed by atoms with Gasteiger partial charge in [0, 0.05) is 26.3 Å². The Kier molecular flexibility index (Phi) is 6.92. The number of ether oxygens (including phenoxy) is 1. The van der Waals surface area contributed by atoms with Gasteiger partial charge in [0.15, 0.2) is 0 Å². The van der Waals surface area contributed by atoms with Crippen LogP contribution in [0.1, 0.15) is 38.5 Å². The second kappa shape index (κ2) is 8.93. The summed E-state index contributed by atoms with van der Waals surface area (Å²) in [6.45, 7) is 6.65. The quantitative estimate of drug-likeness (QED) is 0.807. The van der Waals surface area contributed by atoms with Crippen molar-refractivity contribution in [3.8, 4) is 0 Å². The maximum Gasteiger partial charge on any atom is 0.318 e. The molecule has 1 saturated heterocycles. The highest BCUT2D eigenvalue weighted by atomic mass is 16.5. The number of amides is 2. The number of aliphatic hydroxyl groups excluding tert-OH is 1. The van der Waals surface area contributed by atoms with Crippen LogP contribution < -0.4 is 5.32 Å². The van der Waals surface area contributed by atoms with E-state index in [-0.39, 0.29) is 24.6 Å². The summed E-state index contributed by atoms with van der Waals surface area (Å²) < 4.78 is 11.1. The molecule has 2 rings (SSSR count). The van der Waals surface area contributed by atoms with E-state index in [2.05, 4.69) is 19.2 Å². The number of aliphatic hydroxyl groups is 1. The van der Waals surface area contributed by atoms with Crippen LogP contribution in [0.25, 0.3) is 0 Å². The van der Waals surface area contributed by atoms with Crippen LogP contribution in [-0.2, 0) is 4.74 Å². The highest BCUT2D eigenvalue weighted by Gasteiger charge is 2.26. The van der Waals surface area contributed by atoms with Crippen LogP contribution in [0.15, 0.2) is 22.8 Å². The molecule has 2 unspecified atom stereocenters. The van der Waals surface area contributed by atoms with Gasteiger partial charge in [-0.3, -0.25) is 0 Å². The molecule has 23 heavy (non-hydrogen) atoms. The van der Waals surface area contributed by atoms with Crippen molar-refractivity contribution in [1.29, 1.82) is 0 Å².